The second-order valence-corrected chi connectivity index (χ2v) is 4.56. The van der Waals surface area contributed by atoms with Crippen molar-refractivity contribution in [3.8, 4) is 5.75 Å². The average Bonchev–Trinajstić information content (AvgIpc) is 2.33. The zero-order chi connectivity index (χ0) is 14.0. The van der Waals surface area contributed by atoms with Crippen molar-refractivity contribution in [2.75, 3.05) is 5.32 Å². The van der Waals surface area contributed by atoms with Crippen molar-refractivity contribution in [1.29, 1.82) is 0 Å². The minimum atomic E-state index is -0.808. The average molecular weight is 300 g/mol. The van der Waals surface area contributed by atoms with Crippen LogP contribution < -0.4 is 5.32 Å². The van der Waals surface area contributed by atoms with Crippen molar-refractivity contribution in [2.24, 2.45) is 0 Å². The molecule has 0 spiro atoms. The molecule has 0 bridgehead atoms. The van der Waals surface area contributed by atoms with Gasteiger partial charge in [0.2, 0.25) is 0 Å². The van der Waals surface area contributed by atoms with Gasteiger partial charge in [-0.1, -0.05) is 23.2 Å². The minimum absolute atomic E-state index is 0.177. The molecular weight excluding hydrogens is 292 g/mol. The lowest BCUT2D eigenvalue weighted by molar-refractivity contribution is 0.102. The molecule has 0 saturated carbocycles. The molecule has 0 unspecified atom stereocenters. The highest BCUT2D eigenvalue weighted by Crippen LogP contribution is 2.25. The van der Waals surface area contributed by atoms with Gasteiger partial charge in [0.1, 0.15) is 11.6 Å². The van der Waals surface area contributed by atoms with Crippen LogP contribution in [0.25, 0.3) is 0 Å². The fourth-order valence-electron chi connectivity index (χ4n) is 1.46. The van der Waals surface area contributed by atoms with E-state index in [4.69, 9.17) is 28.3 Å². The predicted molar refractivity (Wildman–Crippen MR) is 72.5 cm³/mol. The minimum Gasteiger partial charge on any atom is -0.508 e. The Morgan fingerprint density at radius 3 is 2.47 bits per heavy atom. The third-order valence-electron chi connectivity index (χ3n) is 2.37. The Morgan fingerprint density at radius 1 is 1.11 bits per heavy atom. The van der Waals surface area contributed by atoms with Crippen LogP contribution in [0.3, 0.4) is 0 Å². The Kier molecular flexibility index (Phi) is 3.93. The topological polar surface area (TPSA) is 49.3 Å². The largest absolute Gasteiger partial charge is 0.508 e. The standard InChI is InChI=1S/C13H8Cl2FNO2/c14-10-4-1-7(5-11(10)15)17-13(19)9-3-2-8(18)6-12(9)16/h1-6,18H,(H,17,19). The Bertz CT molecular complexity index is 647. The van der Waals surface area contributed by atoms with Crippen molar-refractivity contribution in [2.45, 2.75) is 0 Å². The van der Waals surface area contributed by atoms with Gasteiger partial charge in [0, 0.05) is 11.8 Å². The molecular formula is C13H8Cl2FNO2. The number of halogens is 3. The molecule has 0 aliphatic heterocycles. The Hall–Kier alpha value is -1.78. The molecule has 0 radical (unpaired) electrons. The fraction of sp³-hybridized carbons (Fsp3) is 0. The van der Waals surface area contributed by atoms with Crippen LogP contribution in [0.1, 0.15) is 10.4 Å². The van der Waals surface area contributed by atoms with Gasteiger partial charge >= 0.3 is 0 Å². The molecule has 3 nitrogen and oxygen atoms in total. The van der Waals surface area contributed by atoms with Crippen molar-refractivity contribution < 1.29 is 14.3 Å². The summed E-state index contributed by atoms with van der Waals surface area (Å²) >= 11 is 11.5. The summed E-state index contributed by atoms with van der Waals surface area (Å²) in [5.41, 5.74) is 0.218. The summed E-state index contributed by atoms with van der Waals surface area (Å²) in [4.78, 5) is 11.8. The summed E-state index contributed by atoms with van der Waals surface area (Å²) in [5, 5.41) is 12.2. The van der Waals surface area contributed by atoms with E-state index in [2.05, 4.69) is 5.32 Å². The van der Waals surface area contributed by atoms with Crippen molar-refractivity contribution in [1.82, 2.24) is 0 Å². The van der Waals surface area contributed by atoms with Crippen LogP contribution in [0, 0.1) is 5.82 Å². The lowest BCUT2D eigenvalue weighted by Crippen LogP contribution is -2.13. The van der Waals surface area contributed by atoms with E-state index in [1.54, 1.807) is 6.07 Å². The summed E-state index contributed by atoms with van der Waals surface area (Å²) in [6, 6.07) is 7.81. The molecule has 0 aliphatic rings. The number of carbonyl (C=O) groups is 1. The SMILES string of the molecule is O=C(Nc1ccc(Cl)c(Cl)c1)c1ccc(O)cc1F. The summed E-state index contributed by atoms with van der Waals surface area (Å²) in [6.07, 6.45) is 0. The predicted octanol–water partition coefficient (Wildman–Crippen LogP) is 4.09. The van der Waals surface area contributed by atoms with Gasteiger partial charge in [-0.3, -0.25) is 4.79 Å². The second-order valence-electron chi connectivity index (χ2n) is 3.75. The Labute approximate surface area is 118 Å². The number of amides is 1. The molecule has 0 heterocycles. The van der Waals surface area contributed by atoms with Gasteiger partial charge in [0.15, 0.2) is 0 Å². The first-order chi connectivity index (χ1) is 8.97. The summed E-state index contributed by atoms with van der Waals surface area (Å²) in [6.45, 7) is 0. The molecule has 2 N–H and O–H groups in total. The highest BCUT2D eigenvalue weighted by molar-refractivity contribution is 6.42. The molecule has 0 aliphatic carbocycles. The van der Waals surface area contributed by atoms with Gasteiger partial charge in [-0.25, -0.2) is 4.39 Å². The van der Waals surface area contributed by atoms with Crippen LogP contribution in [-0.4, -0.2) is 11.0 Å². The van der Waals surface area contributed by atoms with E-state index < -0.39 is 11.7 Å². The number of rotatable bonds is 2. The normalized spacial score (nSPS) is 10.3. The molecule has 2 aromatic carbocycles. The molecule has 2 aromatic rings. The first-order valence-corrected chi connectivity index (χ1v) is 5.98. The molecule has 6 heteroatoms. The molecule has 0 aromatic heterocycles. The highest BCUT2D eigenvalue weighted by Gasteiger charge is 2.12. The maximum absolute atomic E-state index is 13.5. The smallest absolute Gasteiger partial charge is 0.258 e. The maximum Gasteiger partial charge on any atom is 0.258 e. The molecule has 98 valence electrons. The number of anilines is 1. The number of phenols is 1. The van der Waals surface area contributed by atoms with Gasteiger partial charge in [-0.05, 0) is 30.3 Å². The van der Waals surface area contributed by atoms with Crippen LogP contribution in [-0.2, 0) is 0 Å². The number of aromatic hydroxyl groups is 1. The Balaban J connectivity index is 2.23. The monoisotopic (exact) mass is 299 g/mol. The second kappa shape index (κ2) is 5.47. The van der Waals surface area contributed by atoms with E-state index in [9.17, 15) is 9.18 Å². The molecule has 0 atom stereocenters. The zero-order valence-corrected chi connectivity index (χ0v) is 11.0. The lowest BCUT2D eigenvalue weighted by Gasteiger charge is -2.07. The van der Waals surface area contributed by atoms with Crippen molar-refractivity contribution in [3.05, 3.63) is 57.8 Å². The van der Waals surface area contributed by atoms with E-state index in [1.807, 2.05) is 0 Å². The van der Waals surface area contributed by atoms with Crippen LogP contribution in [0.4, 0.5) is 10.1 Å². The van der Waals surface area contributed by atoms with Gasteiger partial charge in [-0.2, -0.15) is 0 Å². The van der Waals surface area contributed by atoms with E-state index in [0.717, 1.165) is 6.07 Å². The molecule has 0 saturated heterocycles. The number of hydrogen-bond donors (Lipinski definition) is 2. The molecule has 1 amide bonds. The Morgan fingerprint density at radius 2 is 1.84 bits per heavy atom. The van der Waals surface area contributed by atoms with E-state index in [-0.39, 0.29) is 16.3 Å². The number of phenolic OH excluding ortho intramolecular Hbond substituents is 1. The van der Waals surface area contributed by atoms with Crippen molar-refractivity contribution >= 4 is 34.8 Å². The summed E-state index contributed by atoms with van der Waals surface area (Å²) < 4.78 is 13.5. The van der Waals surface area contributed by atoms with Gasteiger partial charge in [0.25, 0.3) is 5.91 Å². The van der Waals surface area contributed by atoms with E-state index in [1.165, 1.54) is 24.3 Å². The first-order valence-electron chi connectivity index (χ1n) is 5.22. The first kappa shape index (κ1) is 13.6. The maximum atomic E-state index is 13.5. The highest BCUT2D eigenvalue weighted by atomic mass is 35.5. The van der Waals surface area contributed by atoms with Crippen LogP contribution >= 0.6 is 23.2 Å². The number of carbonyl (C=O) groups excluding carboxylic acids is 1. The summed E-state index contributed by atoms with van der Waals surface area (Å²) in [7, 11) is 0. The van der Waals surface area contributed by atoms with Crippen molar-refractivity contribution in [3.63, 3.8) is 0 Å². The molecule has 2 rings (SSSR count). The molecule has 19 heavy (non-hydrogen) atoms. The van der Waals surface area contributed by atoms with Crippen LogP contribution in [0.15, 0.2) is 36.4 Å². The number of hydrogen-bond acceptors (Lipinski definition) is 2. The van der Waals surface area contributed by atoms with Gasteiger partial charge in [0.05, 0.1) is 15.6 Å². The quantitative estimate of drug-likeness (QED) is 0.877. The van der Waals surface area contributed by atoms with Crippen LogP contribution in [0.2, 0.25) is 10.0 Å². The summed E-state index contributed by atoms with van der Waals surface area (Å²) in [5.74, 6) is -1.70. The zero-order valence-electron chi connectivity index (χ0n) is 9.45. The van der Waals surface area contributed by atoms with Gasteiger partial charge < -0.3 is 10.4 Å². The fourth-order valence-corrected chi connectivity index (χ4v) is 1.76. The van der Waals surface area contributed by atoms with Gasteiger partial charge in [-0.15, -0.1) is 0 Å². The third kappa shape index (κ3) is 3.16. The lowest BCUT2D eigenvalue weighted by atomic mass is 10.2. The van der Waals surface area contributed by atoms with E-state index in [0.29, 0.717) is 10.7 Å². The third-order valence-corrected chi connectivity index (χ3v) is 3.11. The number of benzene rings is 2. The molecule has 0 fully saturated rings. The van der Waals surface area contributed by atoms with E-state index >= 15 is 0 Å². The number of nitrogens with one attached hydrogen (secondary N) is 1. The van der Waals surface area contributed by atoms with Crippen LogP contribution in [0.5, 0.6) is 5.75 Å².